The normalized spacial score (nSPS) is 19.9. The van der Waals surface area contributed by atoms with Gasteiger partial charge in [-0.3, -0.25) is 4.79 Å². The number of rotatable bonds is 5. The Bertz CT molecular complexity index is 478. The first-order chi connectivity index (χ1) is 9.61. The summed E-state index contributed by atoms with van der Waals surface area (Å²) in [4.78, 5) is 14.2. The number of ketones is 1. The summed E-state index contributed by atoms with van der Waals surface area (Å²) in [5.41, 5.74) is 0.0209. The van der Waals surface area contributed by atoms with Crippen LogP contribution in [0.15, 0.2) is 18.2 Å². The molecule has 110 valence electrons. The number of β-amino-alcohol motifs (C(OH)–C–C–N with tert-alkyl or cyclic N) is 1. The SMILES string of the molecule is COc1cccc(F)c1C(=O)CCN1CCCC(O)C1. The number of methoxy groups -OCH3 is 1. The number of benzene rings is 1. The maximum Gasteiger partial charge on any atom is 0.170 e. The van der Waals surface area contributed by atoms with Crippen LogP contribution in [-0.4, -0.2) is 48.6 Å². The van der Waals surface area contributed by atoms with E-state index in [0.717, 1.165) is 19.4 Å². The molecule has 2 rings (SSSR count). The maximum atomic E-state index is 13.8. The molecule has 20 heavy (non-hydrogen) atoms. The molecule has 1 N–H and O–H groups in total. The number of carbonyl (C=O) groups excluding carboxylic acids is 1. The van der Waals surface area contributed by atoms with Gasteiger partial charge in [-0.2, -0.15) is 0 Å². The van der Waals surface area contributed by atoms with Gasteiger partial charge >= 0.3 is 0 Å². The first-order valence-corrected chi connectivity index (χ1v) is 6.88. The number of aliphatic hydroxyl groups is 1. The van der Waals surface area contributed by atoms with Gasteiger partial charge in [-0.1, -0.05) is 6.07 Å². The molecule has 1 saturated heterocycles. The van der Waals surface area contributed by atoms with Crippen LogP contribution in [0.1, 0.15) is 29.6 Å². The molecular formula is C15H20FNO3. The topological polar surface area (TPSA) is 49.8 Å². The predicted molar refractivity (Wildman–Crippen MR) is 73.6 cm³/mol. The minimum Gasteiger partial charge on any atom is -0.496 e. The number of nitrogens with zero attached hydrogens (tertiary/aromatic N) is 1. The molecule has 5 heteroatoms. The van der Waals surface area contributed by atoms with E-state index in [9.17, 15) is 14.3 Å². The Morgan fingerprint density at radius 2 is 2.35 bits per heavy atom. The van der Waals surface area contributed by atoms with Crippen LogP contribution >= 0.6 is 0 Å². The number of aliphatic hydroxyl groups excluding tert-OH is 1. The minimum absolute atomic E-state index is 0.0209. The van der Waals surface area contributed by atoms with E-state index in [-0.39, 0.29) is 29.6 Å². The third kappa shape index (κ3) is 3.55. The summed E-state index contributed by atoms with van der Waals surface area (Å²) in [6.45, 7) is 1.99. The van der Waals surface area contributed by atoms with Crippen LogP contribution in [-0.2, 0) is 0 Å². The molecule has 0 radical (unpaired) electrons. The standard InChI is InChI=1S/C15H20FNO3/c1-20-14-6-2-5-12(16)15(14)13(19)7-9-17-8-3-4-11(18)10-17/h2,5-6,11,18H,3-4,7-10H2,1H3. The van der Waals surface area contributed by atoms with Gasteiger partial charge in [-0.05, 0) is 31.5 Å². The van der Waals surface area contributed by atoms with E-state index in [1.165, 1.54) is 19.2 Å². The van der Waals surface area contributed by atoms with Gasteiger partial charge in [-0.25, -0.2) is 4.39 Å². The van der Waals surface area contributed by atoms with Crippen LogP contribution in [0.2, 0.25) is 0 Å². The fourth-order valence-corrected chi connectivity index (χ4v) is 2.56. The predicted octanol–water partition coefficient (Wildman–Crippen LogP) is 1.86. The zero-order valence-corrected chi connectivity index (χ0v) is 11.6. The molecule has 1 unspecified atom stereocenters. The van der Waals surface area contributed by atoms with Crippen molar-refractivity contribution < 1.29 is 19.0 Å². The van der Waals surface area contributed by atoms with Gasteiger partial charge < -0.3 is 14.7 Å². The van der Waals surface area contributed by atoms with Crippen LogP contribution < -0.4 is 4.74 Å². The fraction of sp³-hybridized carbons (Fsp3) is 0.533. The Morgan fingerprint density at radius 1 is 1.55 bits per heavy atom. The van der Waals surface area contributed by atoms with Gasteiger partial charge in [0.15, 0.2) is 5.78 Å². The van der Waals surface area contributed by atoms with Crippen molar-refractivity contribution in [3.63, 3.8) is 0 Å². The lowest BCUT2D eigenvalue weighted by molar-refractivity contribution is 0.0669. The van der Waals surface area contributed by atoms with Gasteiger partial charge in [0.05, 0.1) is 18.8 Å². The van der Waals surface area contributed by atoms with Crippen LogP contribution in [0.25, 0.3) is 0 Å². The lowest BCUT2D eigenvalue weighted by Crippen LogP contribution is -2.39. The highest BCUT2D eigenvalue weighted by Crippen LogP contribution is 2.23. The zero-order valence-electron chi connectivity index (χ0n) is 11.6. The first-order valence-electron chi connectivity index (χ1n) is 6.88. The smallest absolute Gasteiger partial charge is 0.170 e. The average molecular weight is 281 g/mol. The highest BCUT2D eigenvalue weighted by atomic mass is 19.1. The zero-order chi connectivity index (χ0) is 14.5. The Kier molecular flexibility index (Phi) is 5.09. The van der Waals surface area contributed by atoms with Crippen molar-refractivity contribution in [2.24, 2.45) is 0 Å². The summed E-state index contributed by atoms with van der Waals surface area (Å²) >= 11 is 0. The number of hydrogen-bond donors (Lipinski definition) is 1. The van der Waals surface area contributed by atoms with Gasteiger partial charge in [-0.15, -0.1) is 0 Å². The van der Waals surface area contributed by atoms with Crippen LogP contribution in [0.4, 0.5) is 4.39 Å². The summed E-state index contributed by atoms with van der Waals surface area (Å²) in [5.74, 6) is -0.540. The first kappa shape index (κ1) is 14.9. The highest BCUT2D eigenvalue weighted by Gasteiger charge is 2.21. The third-order valence-corrected chi connectivity index (χ3v) is 3.61. The molecule has 1 aromatic rings. The molecule has 1 aliphatic rings. The second kappa shape index (κ2) is 6.81. The van der Waals surface area contributed by atoms with Crippen molar-refractivity contribution in [1.82, 2.24) is 4.90 Å². The van der Waals surface area contributed by atoms with E-state index in [0.29, 0.717) is 13.1 Å². The van der Waals surface area contributed by atoms with Crippen molar-refractivity contribution in [2.45, 2.75) is 25.4 Å². The number of Topliss-reactive ketones (excluding diaryl/α,β-unsaturated/α-hetero) is 1. The van der Waals surface area contributed by atoms with Crippen LogP contribution in [0.5, 0.6) is 5.75 Å². The summed E-state index contributed by atoms with van der Waals surface area (Å²) in [6, 6.07) is 4.37. The molecule has 1 fully saturated rings. The van der Waals surface area contributed by atoms with Crippen LogP contribution in [0.3, 0.4) is 0 Å². The number of ether oxygens (including phenoxy) is 1. The molecule has 4 nitrogen and oxygen atoms in total. The molecule has 0 aromatic heterocycles. The summed E-state index contributed by atoms with van der Waals surface area (Å²) < 4.78 is 18.8. The van der Waals surface area contributed by atoms with E-state index >= 15 is 0 Å². The van der Waals surface area contributed by atoms with E-state index in [1.54, 1.807) is 6.07 Å². The summed E-state index contributed by atoms with van der Waals surface area (Å²) in [7, 11) is 1.42. The van der Waals surface area contributed by atoms with Crippen molar-refractivity contribution in [3.8, 4) is 5.75 Å². The highest BCUT2D eigenvalue weighted by molar-refractivity contribution is 5.99. The molecule has 1 atom stereocenters. The van der Waals surface area contributed by atoms with Crippen molar-refractivity contribution >= 4 is 5.78 Å². The van der Waals surface area contributed by atoms with Gasteiger partial charge in [0, 0.05) is 19.5 Å². The average Bonchev–Trinajstić information content (AvgIpc) is 2.44. The number of carbonyl (C=O) groups is 1. The number of halogens is 1. The van der Waals surface area contributed by atoms with E-state index in [1.807, 2.05) is 4.90 Å². The van der Waals surface area contributed by atoms with Crippen molar-refractivity contribution in [1.29, 1.82) is 0 Å². The van der Waals surface area contributed by atoms with E-state index < -0.39 is 5.82 Å². The lowest BCUT2D eigenvalue weighted by atomic mass is 10.0. The van der Waals surface area contributed by atoms with Gasteiger partial charge in [0.25, 0.3) is 0 Å². The second-order valence-corrected chi connectivity index (χ2v) is 5.09. The van der Waals surface area contributed by atoms with Crippen molar-refractivity contribution in [2.75, 3.05) is 26.7 Å². The van der Waals surface area contributed by atoms with Crippen molar-refractivity contribution in [3.05, 3.63) is 29.6 Å². The Morgan fingerprint density at radius 3 is 3.05 bits per heavy atom. The number of likely N-dealkylation sites (tertiary alicyclic amines) is 1. The molecule has 1 heterocycles. The minimum atomic E-state index is -0.548. The second-order valence-electron chi connectivity index (χ2n) is 5.09. The molecule has 0 spiro atoms. The number of hydrogen-bond acceptors (Lipinski definition) is 4. The number of piperidine rings is 1. The fourth-order valence-electron chi connectivity index (χ4n) is 2.56. The van der Waals surface area contributed by atoms with Gasteiger partial charge in [0.2, 0.25) is 0 Å². The molecule has 1 aliphatic heterocycles. The molecule has 0 amide bonds. The summed E-state index contributed by atoms with van der Waals surface area (Å²) in [5, 5.41) is 9.58. The maximum absolute atomic E-state index is 13.8. The Hall–Kier alpha value is -1.46. The molecule has 1 aromatic carbocycles. The van der Waals surface area contributed by atoms with Crippen LogP contribution in [0, 0.1) is 5.82 Å². The monoisotopic (exact) mass is 281 g/mol. The molecule has 0 saturated carbocycles. The van der Waals surface area contributed by atoms with E-state index in [2.05, 4.69) is 0 Å². The lowest BCUT2D eigenvalue weighted by Gasteiger charge is -2.29. The largest absolute Gasteiger partial charge is 0.496 e. The molecule has 0 bridgehead atoms. The van der Waals surface area contributed by atoms with Gasteiger partial charge in [0.1, 0.15) is 11.6 Å². The molecular weight excluding hydrogens is 261 g/mol. The van der Waals surface area contributed by atoms with E-state index in [4.69, 9.17) is 4.74 Å². The summed E-state index contributed by atoms with van der Waals surface area (Å²) in [6.07, 6.45) is 1.65. The Balaban J connectivity index is 1.98. The Labute approximate surface area is 118 Å². The quantitative estimate of drug-likeness (QED) is 0.837. The molecule has 0 aliphatic carbocycles. The third-order valence-electron chi connectivity index (χ3n) is 3.61.